The zero-order chi connectivity index (χ0) is 17.0. The molecule has 24 heavy (non-hydrogen) atoms. The molecule has 0 atom stereocenters. The van der Waals surface area contributed by atoms with Gasteiger partial charge in [-0.2, -0.15) is 0 Å². The molecule has 5 heteroatoms. The number of carbonyl (C=O) groups excluding carboxylic acids is 1. The SMILES string of the molecule is O=C(CCc1ccc2ccccc2c1)NC1(C(=O)O)CCOCC1. The van der Waals surface area contributed by atoms with Crippen LogP contribution in [0.1, 0.15) is 24.8 Å². The van der Waals surface area contributed by atoms with E-state index in [-0.39, 0.29) is 12.3 Å². The minimum Gasteiger partial charge on any atom is -0.480 e. The molecule has 1 aliphatic rings. The van der Waals surface area contributed by atoms with Gasteiger partial charge in [0, 0.05) is 32.5 Å². The van der Waals surface area contributed by atoms with Crippen LogP contribution in [0.4, 0.5) is 0 Å². The zero-order valence-corrected chi connectivity index (χ0v) is 13.5. The molecule has 1 heterocycles. The third-order valence-corrected chi connectivity index (χ3v) is 4.59. The largest absolute Gasteiger partial charge is 0.480 e. The van der Waals surface area contributed by atoms with Crippen molar-refractivity contribution in [2.75, 3.05) is 13.2 Å². The summed E-state index contributed by atoms with van der Waals surface area (Å²) in [5.74, 6) is -1.21. The second kappa shape index (κ2) is 7.01. The van der Waals surface area contributed by atoms with Crippen LogP contribution in [0.25, 0.3) is 10.8 Å². The van der Waals surface area contributed by atoms with Crippen molar-refractivity contribution in [2.45, 2.75) is 31.2 Å². The standard InChI is InChI=1S/C19H21NO4/c21-17(20-19(18(22)23)9-11-24-12-10-19)8-6-14-5-7-15-3-1-2-4-16(15)13-14/h1-5,7,13H,6,8-12H2,(H,20,21)(H,22,23). The Kier molecular flexibility index (Phi) is 4.81. The smallest absolute Gasteiger partial charge is 0.329 e. The first-order valence-corrected chi connectivity index (χ1v) is 8.19. The van der Waals surface area contributed by atoms with E-state index in [0.717, 1.165) is 16.3 Å². The van der Waals surface area contributed by atoms with Gasteiger partial charge in [-0.15, -0.1) is 0 Å². The molecule has 1 fully saturated rings. The maximum atomic E-state index is 12.2. The Balaban J connectivity index is 1.62. The summed E-state index contributed by atoms with van der Waals surface area (Å²) in [6.45, 7) is 0.717. The lowest BCUT2D eigenvalue weighted by molar-refractivity contribution is -0.152. The van der Waals surface area contributed by atoms with Crippen molar-refractivity contribution in [2.24, 2.45) is 0 Å². The van der Waals surface area contributed by atoms with Crippen LogP contribution < -0.4 is 5.32 Å². The highest BCUT2D eigenvalue weighted by Crippen LogP contribution is 2.22. The van der Waals surface area contributed by atoms with Gasteiger partial charge >= 0.3 is 5.97 Å². The number of carboxylic acids is 1. The third kappa shape index (κ3) is 3.57. The average Bonchev–Trinajstić information content (AvgIpc) is 2.60. The van der Waals surface area contributed by atoms with Crippen LogP contribution in [0.15, 0.2) is 42.5 Å². The molecule has 0 aliphatic carbocycles. The van der Waals surface area contributed by atoms with Crippen LogP contribution in [0, 0.1) is 0 Å². The monoisotopic (exact) mass is 327 g/mol. The molecule has 2 N–H and O–H groups in total. The van der Waals surface area contributed by atoms with Gasteiger partial charge in [0.25, 0.3) is 0 Å². The lowest BCUT2D eigenvalue weighted by atomic mass is 9.90. The fourth-order valence-corrected chi connectivity index (χ4v) is 3.09. The van der Waals surface area contributed by atoms with E-state index in [1.165, 1.54) is 0 Å². The summed E-state index contributed by atoms with van der Waals surface area (Å²) in [5.41, 5.74) is -0.112. The van der Waals surface area contributed by atoms with E-state index in [0.29, 0.717) is 32.5 Å². The molecule has 1 amide bonds. The Morgan fingerprint density at radius 2 is 1.79 bits per heavy atom. The van der Waals surface area contributed by atoms with Crippen molar-refractivity contribution >= 4 is 22.6 Å². The lowest BCUT2D eigenvalue weighted by Crippen LogP contribution is -2.57. The molecule has 0 radical (unpaired) electrons. The molecule has 2 aromatic carbocycles. The Morgan fingerprint density at radius 3 is 2.50 bits per heavy atom. The van der Waals surface area contributed by atoms with Gasteiger partial charge in [-0.25, -0.2) is 4.79 Å². The summed E-state index contributed by atoms with van der Waals surface area (Å²) in [5, 5.41) is 14.5. The number of hydrogen-bond acceptors (Lipinski definition) is 3. The summed E-state index contributed by atoms with van der Waals surface area (Å²) < 4.78 is 5.21. The molecule has 2 aromatic rings. The van der Waals surface area contributed by atoms with Gasteiger partial charge in [0.1, 0.15) is 5.54 Å². The maximum Gasteiger partial charge on any atom is 0.329 e. The molecule has 0 bridgehead atoms. The predicted molar refractivity (Wildman–Crippen MR) is 90.8 cm³/mol. The van der Waals surface area contributed by atoms with Crippen LogP contribution in [-0.4, -0.2) is 35.7 Å². The number of carboxylic acid groups (broad SMARTS) is 1. The number of hydrogen-bond donors (Lipinski definition) is 2. The van der Waals surface area contributed by atoms with E-state index in [9.17, 15) is 14.7 Å². The zero-order valence-electron chi connectivity index (χ0n) is 13.5. The number of amides is 1. The number of fused-ring (bicyclic) bond motifs is 1. The van der Waals surface area contributed by atoms with E-state index >= 15 is 0 Å². The minimum absolute atomic E-state index is 0.229. The Morgan fingerprint density at radius 1 is 1.08 bits per heavy atom. The molecule has 1 aliphatic heterocycles. The van der Waals surface area contributed by atoms with Crippen LogP contribution >= 0.6 is 0 Å². The van der Waals surface area contributed by atoms with E-state index in [1.807, 2.05) is 36.4 Å². The summed E-state index contributed by atoms with van der Waals surface area (Å²) in [7, 11) is 0. The number of aryl methyl sites for hydroxylation is 1. The quantitative estimate of drug-likeness (QED) is 0.885. The number of carbonyl (C=O) groups is 2. The van der Waals surface area contributed by atoms with Crippen molar-refractivity contribution < 1.29 is 19.4 Å². The maximum absolute atomic E-state index is 12.2. The van der Waals surface area contributed by atoms with Crippen LogP contribution in [0.2, 0.25) is 0 Å². The number of aliphatic carboxylic acids is 1. The van der Waals surface area contributed by atoms with Crippen molar-refractivity contribution in [3.63, 3.8) is 0 Å². The number of rotatable bonds is 5. The topological polar surface area (TPSA) is 75.6 Å². The Bertz CT molecular complexity index is 750. The number of benzene rings is 2. The molecule has 0 spiro atoms. The van der Waals surface area contributed by atoms with Crippen molar-refractivity contribution in [1.29, 1.82) is 0 Å². The van der Waals surface area contributed by atoms with E-state index < -0.39 is 11.5 Å². The van der Waals surface area contributed by atoms with Gasteiger partial charge in [0.05, 0.1) is 0 Å². The molecule has 0 saturated carbocycles. The normalized spacial score (nSPS) is 16.7. The molecular weight excluding hydrogens is 306 g/mol. The fraction of sp³-hybridized carbons (Fsp3) is 0.368. The third-order valence-electron chi connectivity index (χ3n) is 4.59. The second-order valence-electron chi connectivity index (χ2n) is 6.23. The minimum atomic E-state index is -1.18. The van der Waals surface area contributed by atoms with Gasteiger partial charge in [-0.1, -0.05) is 42.5 Å². The highest BCUT2D eigenvalue weighted by atomic mass is 16.5. The molecule has 0 unspecified atom stereocenters. The first-order valence-electron chi connectivity index (χ1n) is 8.19. The van der Waals surface area contributed by atoms with Crippen molar-refractivity contribution in [3.8, 4) is 0 Å². The van der Waals surface area contributed by atoms with Gasteiger partial charge in [-0.05, 0) is 22.8 Å². The van der Waals surface area contributed by atoms with E-state index in [1.54, 1.807) is 0 Å². The second-order valence-corrected chi connectivity index (χ2v) is 6.23. The lowest BCUT2D eigenvalue weighted by Gasteiger charge is -2.33. The Hall–Kier alpha value is -2.40. The summed E-state index contributed by atoms with van der Waals surface area (Å²) in [6, 6.07) is 14.2. The first-order chi connectivity index (χ1) is 11.6. The van der Waals surface area contributed by atoms with Gasteiger partial charge < -0.3 is 15.2 Å². The first kappa shape index (κ1) is 16.5. The molecule has 126 valence electrons. The van der Waals surface area contributed by atoms with Crippen LogP contribution in [-0.2, 0) is 20.7 Å². The molecule has 5 nitrogen and oxygen atoms in total. The highest BCUT2D eigenvalue weighted by molar-refractivity contribution is 5.87. The molecule has 3 rings (SSSR count). The van der Waals surface area contributed by atoms with Crippen molar-refractivity contribution in [3.05, 3.63) is 48.0 Å². The average molecular weight is 327 g/mol. The van der Waals surface area contributed by atoms with E-state index in [2.05, 4.69) is 11.4 Å². The molecule has 0 aromatic heterocycles. The van der Waals surface area contributed by atoms with Gasteiger partial charge in [0.15, 0.2) is 0 Å². The van der Waals surface area contributed by atoms with E-state index in [4.69, 9.17) is 4.74 Å². The number of ether oxygens (including phenoxy) is 1. The van der Waals surface area contributed by atoms with Crippen LogP contribution in [0.5, 0.6) is 0 Å². The summed E-state index contributed by atoms with van der Waals surface area (Å²) >= 11 is 0. The van der Waals surface area contributed by atoms with Gasteiger partial charge in [0.2, 0.25) is 5.91 Å². The molecule has 1 saturated heterocycles. The predicted octanol–water partition coefficient (Wildman–Crippen LogP) is 2.52. The van der Waals surface area contributed by atoms with Gasteiger partial charge in [-0.3, -0.25) is 4.79 Å². The Labute approximate surface area is 140 Å². The van der Waals surface area contributed by atoms with Crippen molar-refractivity contribution in [1.82, 2.24) is 5.32 Å². The summed E-state index contributed by atoms with van der Waals surface area (Å²) in [6.07, 6.45) is 1.48. The number of nitrogens with one attached hydrogen (secondary N) is 1. The van der Waals surface area contributed by atoms with Crippen LogP contribution in [0.3, 0.4) is 0 Å². The fourth-order valence-electron chi connectivity index (χ4n) is 3.09. The molecular formula is C19H21NO4. The summed E-state index contributed by atoms with van der Waals surface area (Å²) in [4.78, 5) is 23.8. The highest BCUT2D eigenvalue weighted by Gasteiger charge is 2.41.